The normalized spacial score (nSPS) is 16.0. The van der Waals surface area contributed by atoms with Crippen molar-refractivity contribution in [1.82, 2.24) is 10.6 Å². The van der Waals surface area contributed by atoms with E-state index in [1.165, 1.54) is 0 Å². The standard InChI is InChI=1S/C14H20N2O4.ClH/c1-18-9-8-15-6-7-16-14(17)13-10-19-11-4-2-3-5-12(11)20-13;/h2-5,13,15H,6-10H2,1H3,(H,16,17);1H. The minimum atomic E-state index is -0.594. The van der Waals surface area contributed by atoms with Gasteiger partial charge >= 0.3 is 0 Å². The average Bonchev–Trinajstić information content (AvgIpc) is 2.50. The number of fused-ring (bicyclic) bond motifs is 1. The Morgan fingerprint density at radius 2 is 2.05 bits per heavy atom. The van der Waals surface area contributed by atoms with Gasteiger partial charge in [0.25, 0.3) is 5.91 Å². The largest absolute Gasteiger partial charge is 0.485 e. The van der Waals surface area contributed by atoms with E-state index in [-0.39, 0.29) is 24.9 Å². The Kier molecular flexibility index (Phi) is 7.89. The van der Waals surface area contributed by atoms with Crippen molar-refractivity contribution in [3.05, 3.63) is 24.3 Å². The summed E-state index contributed by atoms with van der Waals surface area (Å²) < 4.78 is 16.0. The summed E-state index contributed by atoms with van der Waals surface area (Å²) in [5.41, 5.74) is 0. The summed E-state index contributed by atoms with van der Waals surface area (Å²) in [6.45, 7) is 2.90. The van der Waals surface area contributed by atoms with Gasteiger partial charge in [-0.15, -0.1) is 12.4 Å². The van der Waals surface area contributed by atoms with Gasteiger partial charge in [0.1, 0.15) is 6.61 Å². The van der Waals surface area contributed by atoms with Crippen molar-refractivity contribution in [1.29, 1.82) is 0 Å². The molecule has 7 heteroatoms. The molecule has 1 unspecified atom stereocenters. The lowest BCUT2D eigenvalue weighted by atomic mass is 10.2. The summed E-state index contributed by atoms with van der Waals surface area (Å²) in [4.78, 5) is 11.9. The molecule has 1 aromatic carbocycles. The number of para-hydroxylation sites is 2. The van der Waals surface area contributed by atoms with Gasteiger partial charge in [0.05, 0.1) is 6.61 Å². The van der Waals surface area contributed by atoms with E-state index < -0.39 is 6.10 Å². The lowest BCUT2D eigenvalue weighted by molar-refractivity contribution is -0.130. The number of methoxy groups -OCH3 is 1. The molecule has 0 bridgehead atoms. The van der Waals surface area contributed by atoms with Crippen LogP contribution in [0.3, 0.4) is 0 Å². The summed E-state index contributed by atoms with van der Waals surface area (Å²) in [7, 11) is 1.65. The van der Waals surface area contributed by atoms with Crippen LogP contribution in [-0.4, -0.2) is 52.0 Å². The van der Waals surface area contributed by atoms with Gasteiger partial charge in [-0.05, 0) is 12.1 Å². The summed E-state index contributed by atoms with van der Waals surface area (Å²) >= 11 is 0. The number of benzene rings is 1. The van der Waals surface area contributed by atoms with Crippen molar-refractivity contribution in [2.45, 2.75) is 6.10 Å². The zero-order valence-electron chi connectivity index (χ0n) is 12.0. The Morgan fingerprint density at radius 1 is 1.29 bits per heavy atom. The van der Waals surface area contributed by atoms with Crippen LogP contribution in [-0.2, 0) is 9.53 Å². The van der Waals surface area contributed by atoms with Crippen LogP contribution >= 0.6 is 12.4 Å². The number of carbonyl (C=O) groups is 1. The monoisotopic (exact) mass is 316 g/mol. The number of nitrogens with one attached hydrogen (secondary N) is 2. The molecule has 0 fully saturated rings. The lowest BCUT2D eigenvalue weighted by Gasteiger charge is -2.25. The van der Waals surface area contributed by atoms with Crippen molar-refractivity contribution >= 4 is 18.3 Å². The highest BCUT2D eigenvalue weighted by Gasteiger charge is 2.26. The van der Waals surface area contributed by atoms with E-state index in [0.29, 0.717) is 31.2 Å². The van der Waals surface area contributed by atoms with E-state index in [1.807, 2.05) is 18.2 Å². The number of rotatable bonds is 7. The molecule has 1 heterocycles. The molecular weight excluding hydrogens is 296 g/mol. The maximum atomic E-state index is 11.9. The third-order valence-electron chi connectivity index (χ3n) is 2.89. The van der Waals surface area contributed by atoms with E-state index in [1.54, 1.807) is 13.2 Å². The molecule has 0 radical (unpaired) electrons. The lowest BCUT2D eigenvalue weighted by Crippen LogP contribution is -2.45. The quantitative estimate of drug-likeness (QED) is 0.721. The molecule has 0 saturated heterocycles. The smallest absolute Gasteiger partial charge is 0.264 e. The molecule has 1 aromatic rings. The molecule has 0 spiro atoms. The van der Waals surface area contributed by atoms with E-state index >= 15 is 0 Å². The minimum absolute atomic E-state index is 0. The molecular formula is C14H21ClN2O4. The van der Waals surface area contributed by atoms with Gasteiger partial charge in [-0.2, -0.15) is 0 Å². The molecule has 6 nitrogen and oxygen atoms in total. The maximum Gasteiger partial charge on any atom is 0.264 e. The van der Waals surface area contributed by atoms with Gasteiger partial charge in [0, 0.05) is 26.7 Å². The second-order valence-electron chi connectivity index (χ2n) is 4.40. The molecule has 2 N–H and O–H groups in total. The molecule has 1 aliphatic heterocycles. The zero-order chi connectivity index (χ0) is 14.2. The number of hydrogen-bond donors (Lipinski definition) is 2. The Morgan fingerprint density at radius 3 is 2.81 bits per heavy atom. The number of amides is 1. The van der Waals surface area contributed by atoms with Crippen LogP contribution < -0.4 is 20.1 Å². The van der Waals surface area contributed by atoms with Crippen LogP contribution in [0.4, 0.5) is 0 Å². The predicted octanol–water partition coefficient (Wildman–Crippen LogP) is 0.600. The van der Waals surface area contributed by atoms with Crippen LogP contribution in [0.25, 0.3) is 0 Å². The van der Waals surface area contributed by atoms with Crippen molar-refractivity contribution < 1.29 is 19.0 Å². The second-order valence-corrected chi connectivity index (χ2v) is 4.40. The van der Waals surface area contributed by atoms with Crippen molar-refractivity contribution in [3.63, 3.8) is 0 Å². The Bertz CT molecular complexity index is 445. The molecule has 1 amide bonds. The van der Waals surface area contributed by atoms with Crippen LogP contribution in [0.2, 0.25) is 0 Å². The van der Waals surface area contributed by atoms with Crippen LogP contribution in [0.5, 0.6) is 11.5 Å². The average molecular weight is 317 g/mol. The van der Waals surface area contributed by atoms with E-state index in [0.717, 1.165) is 6.54 Å². The molecule has 0 saturated carbocycles. The number of hydrogen-bond acceptors (Lipinski definition) is 5. The molecule has 1 aliphatic rings. The van der Waals surface area contributed by atoms with Crippen molar-refractivity contribution in [2.24, 2.45) is 0 Å². The van der Waals surface area contributed by atoms with Gasteiger partial charge in [0.15, 0.2) is 11.5 Å². The number of carbonyl (C=O) groups excluding carboxylic acids is 1. The fourth-order valence-corrected chi connectivity index (χ4v) is 1.84. The van der Waals surface area contributed by atoms with Crippen LogP contribution in [0.15, 0.2) is 24.3 Å². The first-order valence-corrected chi connectivity index (χ1v) is 6.67. The third-order valence-corrected chi connectivity index (χ3v) is 2.89. The molecule has 0 aromatic heterocycles. The summed E-state index contributed by atoms with van der Waals surface area (Å²) in [6.07, 6.45) is -0.594. The Labute approximate surface area is 130 Å². The maximum absolute atomic E-state index is 11.9. The third kappa shape index (κ3) is 5.41. The van der Waals surface area contributed by atoms with Gasteiger partial charge in [-0.25, -0.2) is 0 Å². The fraction of sp³-hybridized carbons (Fsp3) is 0.500. The molecule has 118 valence electrons. The van der Waals surface area contributed by atoms with Gasteiger partial charge < -0.3 is 24.8 Å². The fourth-order valence-electron chi connectivity index (χ4n) is 1.84. The first-order chi connectivity index (χ1) is 9.81. The van der Waals surface area contributed by atoms with E-state index in [2.05, 4.69) is 10.6 Å². The van der Waals surface area contributed by atoms with Gasteiger partial charge in [0.2, 0.25) is 6.10 Å². The SMILES string of the molecule is COCCNCCNC(=O)C1COc2ccccc2O1.Cl. The number of ether oxygens (including phenoxy) is 3. The Balaban J connectivity index is 0.00000220. The van der Waals surface area contributed by atoms with E-state index in [4.69, 9.17) is 14.2 Å². The number of halogens is 1. The Hall–Kier alpha value is -1.50. The molecule has 2 rings (SSSR count). The molecule has 1 atom stereocenters. The summed E-state index contributed by atoms with van der Waals surface area (Å²) in [6, 6.07) is 7.33. The van der Waals surface area contributed by atoms with Gasteiger partial charge in [-0.1, -0.05) is 12.1 Å². The van der Waals surface area contributed by atoms with Crippen molar-refractivity contribution in [2.75, 3.05) is 40.0 Å². The van der Waals surface area contributed by atoms with E-state index in [9.17, 15) is 4.79 Å². The second kappa shape index (κ2) is 9.44. The van der Waals surface area contributed by atoms with Crippen LogP contribution in [0.1, 0.15) is 0 Å². The highest BCUT2D eigenvalue weighted by Crippen LogP contribution is 2.30. The first-order valence-electron chi connectivity index (χ1n) is 6.67. The van der Waals surface area contributed by atoms with Gasteiger partial charge in [-0.3, -0.25) is 4.79 Å². The minimum Gasteiger partial charge on any atom is -0.485 e. The topological polar surface area (TPSA) is 68.8 Å². The molecule has 0 aliphatic carbocycles. The predicted molar refractivity (Wildman–Crippen MR) is 81.4 cm³/mol. The highest BCUT2D eigenvalue weighted by atomic mass is 35.5. The summed E-state index contributed by atoms with van der Waals surface area (Å²) in [5.74, 6) is 1.13. The first kappa shape index (κ1) is 17.6. The highest BCUT2D eigenvalue weighted by molar-refractivity contribution is 5.85. The summed E-state index contributed by atoms with van der Waals surface area (Å²) in [5, 5.41) is 5.96. The van der Waals surface area contributed by atoms with Crippen molar-refractivity contribution in [3.8, 4) is 11.5 Å². The molecule has 21 heavy (non-hydrogen) atoms. The zero-order valence-corrected chi connectivity index (χ0v) is 12.8. The van der Waals surface area contributed by atoms with Crippen LogP contribution in [0, 0.1) is 0 Å².